The van der Waals surface area contributed by atoms with Gasteiger partial charge in [-0.15, -0.1) is 11.8 Å². The van der Waals surface area contributed by atoms with E-state index in [2.05, 4.69) is 10.6 Å². The molecule has 8 heteroatoms. The largest absolute Gasteiger partial charge is 0.396 e. The summed E-state index contributed by atoms with van der Waals surface area (Å²) in [6, 6.07) is 8.70. The van der Waals surface area contributed by atoms with Gasteiger partial charge in [0.1, 0.15) is 6.04 Å². The van der Waals surface area contributed by atoms with Crippen LogP contribution < -0.4 is 10.6 Å². The predicted molar refractivity (Wildman–Crippen MR) is 125 cm³/mol. The van der Waals surface area contributed by atoms with E-state index < -0.39 is 28.2 Å². The number of carbonyl (C=O) groups excluding carboxylic acids is 3. The first kappa shape index (κ1) is 23.1. The number of nitrogens with zero attached hydrogens (tertiary/aromatic N) is 1. The van der Waals surface area contributed by atoms with Gasteiger partial charge in [-0.2, -0.15) is 0 Å². The van der Waals surface area contributed by atoms with Crippen LogP contribution in [-0.4, -0.2) is 62.5 Å². The van der Waals surface area contributed by atoms with Crippen molar-refractivity contribution in [3.63, 3.8) is 0 Å². The summed E-state index contributed by atoms with van der Waals surface area (Å²) in [4.78, 5) is 42.2. The molecule has 3 heterocycles. The third-order valence-corrected chi connectivity index (χ3v) is 8.65. The molecule has 3 aliphatic heterocycles. The van der Waals surface area contributed by atoms with Gasteiger partial charge in [0.15, 0.2) is 0 Å². The van der Waals surface area contributed by atoms with E-state index in [-0.39, 0.29) is 29.6 Å². The molecule has 1 aromatic rings. The van der Waals surface area contributed by atoms with Crippen LogP contribution in [0.2, 0.25) is 0 Å². The lowest BCUT2D eigenvalue weighted by Crippen LogP contribution is -2.57. The van der Waals surface area contributed by atoms with Crippen LogP contribution in [-0.2, 0) is 14.4 Å². The van der Waals surface area contributed by atoms with Crippen molar-refractivity contribution in [1.29, 1.82) is 0 Å². The van der Waals surface area contributed by atoms with Gasteiger partial charge in [0, 0.05) is 29.6 Å². The summed E-state index contributed by atoms with van der Waals surface area (Å²) >= 11 is 1.67. The highest BCUT2D eigenvalue weighted by Crippen LogP contribution is 2.66. The summed E-state index contributed by atoms with van der Waals surface area (Å²) in [5.74, 6) is -1.33. The van der Waals surface area contributed by atoms with E-state index in [1.165, 1.54) is 0 Å². The van der Waals surface area contributed by atoms with Gasteiger partial charge < -0.3 is 20.6 Å². The fraction of sp³-hybridized carbons (Fsp3) is 0.625. The van der Waals surface area contributed by atoms with E-state index in [9.17, 15) is 19.5 Å². The Kier molecular flexibility index (Phi) is 6.29. The van der Waals surface area contributed by atoms with E-state index in [1.807, 2.05) is 51.1 Å². The number of amides is 3. The molecule has 1 aromatic carbocycles. The minimum atomic E-state index is -0.595. The molecule has 0 aliphatic carbocycles. The Morgan fingerprint density at radius 3 is 2.56 bits per heavy atom. The highest BCUT2D eigenvalue weighted by molar-refractivity contribution is 8.02. The average Bonchev–Trinajstić information content (AvgIpc) is 3.35. The molecule has 2 bridgehead atoms. The van der Waals surface area contributed by atoms with Crippen LogP contribution in [0, 0.1) is 11.8 Å². The lowest BCUT2D eigenvalue weighted by molar-refractivity contribution is -0.139. The van der Waals surface area contributed by atoms with E-state index in [0.29, 0.717) is 25.1 Å². The van der Waals surface area contributed by atoms with Crippen LogP contribution >= 0.6 is 11.8 Å². The molecule has 174 valence electrons. The molecule has 3 saturated heterocycles. The first-order valence-corrected chi connectivity index (χ1v) is 12.3. The third kappa shape index (κ3) is 4.03. The molecule has 7 nitrogen and oxygen atoms in total. The molecule has 1 spiro atoms. The number of anilines is 1. The maximum absolute atomic E-state index is 13.7. The van der Waals surface area contributed by atoms with Gasteiger partial charge in [-0.3, -0.25) is 14.4 Å². The molecule has 0 saturated carbocycles. The predicted octanol–water partition coefficient (Wildman–Crippen LogP) is 2.40. The minimum absolute atomic E-state index is 0.0391. The maximum atomic E-state index is 13.7. The molecule has 4 rings (SSSR count). The Bertz CT molecular complexity index is 887. The van der Waals surface area contributed by atoms with Crippen molar-refractivity contribution in [3.8, 4) is 0 Å². The number of unbranched alkanes of at least 4 members (excludes halogenated alkanes) is 1. The van der Waals surface area contributed by atoms with Crippen LogP contribution in [0.1, 0.15) is 46.5 Å². The number of thioether (sulfide) groups is 1. The van der Waals surface area contributed by atoms with Crippen LogP contribution in [0.5, 0.6) is 0 Å². The van der Waals surface area contributed by atoms with Crippen LogP contribution in [0.25, 0.3) is 0 Å². The van der Waals surface area contributed by atoms with Crippen molar-refractivity contribution in [2.24, 2.45) is 11.8 Å². The molecule has 5 atom stereocenters. The molecule has 0 aromatic heterocycles. The van der Waals surface area contributed by atoms with E-state index in [1.54, 1.807) is 16.7 Å². The standard InChI is InChI=1S/C24H33N3O4S/c1-23(2,3)26-21(30)19-24-12-11-16(32-24)17(20(29)25-15-9-5-4-6-10-15)18(24)22(31)27(19)13-7-8-14-28/h4-6,9-10,16-19,28H,7-8,11-14H2,1-3H3,(H,25,29)(H,26,30)/t16-,17+,18-,19?,24?/m0/s1. The van der Waals surface area contributed by atoms with Gasteiger partial charge in [-0.1, -0.05) is 18.2 Å². The monoisotopic (exact) mass is 459 g/mol. The Balaban J connectivity index is 1.64. The second-order valence-electron chi connectivity index (χ2n) is 10.1. The topological polar surface area (TPSA) is 98.7 Å². The zero-order valence-corrected chi connectivity index (χ0v) is 19.8. The number of aliphatic hydroxyl groups is 1. The van der Waals surface area contributed by atoms with Gasteiger partial charge in [-0.05, 0) is 58.6 Å². The number of benzene rings is 1. The number of fused-ring (bicyclic) bond motifs is 1. The van der Waals surface area contributed by atoms with Crippen LogP contribution in [0.3, 0.4) is 0 Å². The second kappa shape index (κ2) is 8.71. The van der Waals surface area contributed by atoms with Crippen molar-refractivity contribution in [1.82, 2.24) is 10.2 Å². The fourth-order valence-electron chi connectivity index (χ4n) is 5.57. The van der Waals surface area contributed by atoms with Gasteiger partial charge >= 0.3 is 0 Å². The minimum Gasteiger partial charge on any atom is -0.396 e. The Morgan fingerprint density at radius 1 is 1.19 bits per heavy atom. The van der Waals surface area contributed by atoms with Gasteiger partial charge in [0.2, 0.25) is 17.7 Å². The lowest BCUT2D eigenvalue weighted by Gasteiger charge is -2.36. The first-order valence-electron chi connectivity index (χ1n) is 11.4. The average molecular weight is 460 g/mol. The molecular weight excluding hydrogens is 426 g/mol. The zero-order chi connectivity index (χ0) is 23.1. The summed E-state index contributed by atoms with van der Waals surface area (Å²) in [5, 5.41) is 15.3. The second-order valence-corrected chi connectivity index (χ2v) is 11.7. The Hall–Kier alpha value is -2.06. The number of hydrogen-bond donors (Lipinski definition) is 3. The highest BCUT2D eigenvalue weighted by Gasteiger charge is 2.73. The number of carbonyl (C=O) groups is 3. The number of hydrogen-bond acceptors (Lipinski definition) is 5. The molecule has 0 radical (unpaired) electrons. The third-order valence-electron chi connectivity index (χ3n) is 6.70. The summed E-state index contributed by atoms with van der Waals surface area (Å²) in [5.41, 5.74) is 0.295. The van der Waals surface area contributed by atoms with Crippen molar-refractivity contribution in [2.45, 2.75) is 68.0 Å². The molecule has 3 aliphatic rings. The number of likely N-dealkylation sites (tertiary alicyclic amines) is 1. The summed E-state index contributed by atoms with van der Waals surface area (Å²) < 4.78 is -0.574. The van der Waals surface area contributed by atoms with Crippen molar-refractivity contribution >= 4 is 35.2 Å². The molecule has 32 heavy (non-hydrogen) atoms. The van der Waals surface area contributed by atoms with Crippen molar-refractivity contribution in [3.05, 3.63) is 30.3 Å². The number of nitrogens with one attached hydrogen (secondary N) is 2. The Labute approximate surface area is 193 Å². The Morgan fingerprint density at radius 2 is 1.91 bits per heavy atom. The number of para-hydroxylation sites is 1. The number of aliphatic hydroxyl groups excluding tert-OH is 1. The molecule has 3 fully saturated rings. The summed E-state index contributed by atoms with van der Waals surface area (Å²) in [7, 11) is 0. The number of rotatable bonds is 7. The summed E-state index contributed by atoms with van der Waals surface area (Å²) in [6.07, 6.45) is 2.78. The van der Waals surface area contributed by atoms with Crippen molar-refractivity contribution in [2.75, 3.05) is 18.5 Å². The van der Waals surface area contributed by atoms with Gasteiger partial charge in [0.05, 0.1) is 16.6 Å². The molecule has 3 amide bonds. The maximum Gasteiger partial charge on any atom is 0.244 e. The SMILES string of the molecule is CC(C)(C)NC(=O)C1N(CCCCO)C(=O)[C@@H]2[C@H](C(=O)Nc3ccccc3)[C@@H]3CCC12S3. The lowest BCUT2D eigenvalue weighted by atomic mass is 9.70. The van der Waals surface area contributed by atoms with Crippen LogP contribution in [0.15, 0.2) is 30.3 Å². The van der Waals surface area contributed by atoms with Crippen LogP contribution in [0.4, 0.5) is 5.69 Å². The van der Waals surface area contributed by atoms with E-state index in [4.69, 9.17) is 0 Å². The van der Waals surface area contributed by atoms with E-state index >= 15 is 0 Å². The van der Waals surface area contributed by atoms with Gasteiger partial charge in [-0.25, -0.2) is 0 Å². The highest BCUT2D eigenvalue weighted by atomic mass is 32.2. The summed E-state index contributed by atoms with van der Waals surface area (Å²) in [6.45, 7) is 6.26. The molecular formula is C24H33N3O4S. The molecule has 2 unspecified atom stereocenters. The fourth-order valence-corrected chi connectivity index (χ4v) is 7.79. The smallest absolute Gasteiger partial charge is 0.244 e. The van der Waals surface area contributed by atoms with E-state index in [0.717, 1.165) is 12.8 Å². The normalized spacial score (nSPS) is 31.0. The first-order chi connectivity index (χ1) is 15.2. The van der Waals surface area contributed by atoms with Crippen molar-refractivity contribution < 1.29 is 19.5 Å². The molecule has 3 N–H and O–H groups in total. The zero-order valence-electron chi connectivity index (χ0n) is 19.0. The quantitative estimate of drug-likeness (QED) is 0.544. The van der Waals surface area contributed by atoms with Gasteiger partial charge in [0.25, 0.3) is 0 Å².